The van der Waals surface area contributed by atoms with Crippen molar-refractivity contribution < 1.29 is 5.11 Å². The minimum atomic E-state index is -0.169. The second-order valence-corrected chi connectivity index (χ2v) is 4.81. The lowest BCUT2D eigenvalue weighted by Gasteiger charge is -2.15. The van der Waals surface area contributed by atoms with Gasteiger partial charge < -0.3 is 5.11 Å². The molecule has 1 N–H and O–H groups in total. The Morgan fingerprint density at radius 1 is 1.75 bits per heavy atom. The lowest BCUT2D eigenvalue weighted by atomic mass is 9.99. The Morgan fingerprint density at radius 3 is 3.00 bits per heavy atom. The molecule has 1 aromatic rings. The van der Waals surface area contributed by atoms with Crippen LogP contribution < -0.4 is 0 Å². The van der Waals surface area contributed by atoms with Gasteiger partial charge in [-0.1, -0.05) is 6.92 Å². The van der Waals surface area contributed by atoms with E-state index in [1.54, 1.807) is 11.3 Å². The zero-order valence-electron chi connectivity index (χ0n) is 7.16. The summed E-state index contributed by atoms with van der Waals surface area (Å²) >= 11 is 1.62. The van der Waals surface area contributed by atoms with E-state index in [1.807, 2.05) is 11.7 Å². The fourth-order valence-electron chi connectivity index (χ4n) is 1.31. The molecule has 0 spiro atoms. The van der Waals surface area contributed by atoms with Crippen molar-refractivity contribution in [1.29, 1.82) is 0 Å². The molecule has 0 aromatic carbocycles. The lowest BCUT2D eigenvalue weighted by molar-refractivity contribution is 0.104. The Balaban J connectivity index is 1.95. The molecule has 1 aliphatic rings. The van der Waals surface area contributed by atoms with E-state index < -0.39 is 0 Å². The zero-order chi connectivity index (χ0) is 8.60. The van der Waals surface area contributed by atoms with Crippen LogP contribution in [-0.4, -0.2) is 16.2 Å². The Morgan fingerprint density at radius 2 is 2.50 bits per heavy atom. The third-order valence-electron chi connectivity index (χ3n) is 2.72. The maximum atomic E-state index is 9.80. The standard InChI is InChI=1S/C9H13NOS/c1-9(2-3-9)8(11)4-7-5-10-6-12-7/h5-6,8,11H,2-4H2,1H3. The van der Waals surface area contributed by atoms with Gasteiger partial charge in [0, 0.05) is 17.5 Å². The molecule has 0 bridgehead atoms. The molecule has 1 fully saturated rings. The summed E-state index contributed by atoms with van der Waals surface area (Å²) in [5.41, 5.74) is 2.03. The smallest absolute Gasteiger partial charge is 0.0794 e. The molecule has 66 valence electrons. The summed E-state index contributed by atoms with van der Waals surface area (Å²) in [7, 11) is 0. The SMILES string of the molecule is CC1(C(O)Cc2cncs2)CC1. The quantitative estimate of drug-likeness (QED) is 0.775. The van der Waals surface area contributed by atoms with E-state index in [9.17, 15) is 5.11 Å². The summed E-state index contributed by atoms with van der Waals surface area (Å²) in [6.45, 7) is 2.15. The second-order valence-electron chi connectivity index (χ2n) is 3.84. The molecule has 1 aromatic heterocycles. The second kappa shape index (κ2) is 2.82. The molecule has 1 heterocycles. The minimum Gasteiger partial charge on any atom is -0.392 e. The van der Waals surface area contributed by atoms with Crippen molar-refractivity contribution in [2.45, 2.75) is 32.3 Å². The Bertz CT molecular complexity index is 254. The van der Waals surface area contributed by atoms with Crippen molar-refractivity contribution in [3.05, 3.63) is 16.6 Å². The number of aliphatic hydroxyl groups excluding tert-OH is 1. The molecule has 0 radical (unpaired) electrons. The summed E-state index contributed by atoms with van der Waals surface area (Å²) in [4.78, 5) is 5.18. The largest absolute Gasteiger partial charge is 0.392 e. The van der Waals surface area contributed by atoms with Crippen LogP contribution in [0.15, 0.2) is 11.7 Å². The normalized spacial score (nSPS) is 22.2. The Labute approximate surface area is 76.3 Å². The molecule has 0 amide bonds. The van der Waals surface area contributed by atoms with E-state index in [0.29, 0.717) is 0 Å². The molecule has 2 rings (SSSR count). The summed E-state index contributed by atoms with van der Waals surface area (Å²) in [5.74, 6) is 0. The fraction of sp³-hybridized carbons (Fsp3) is 0.667. The van der Waals surface area contributed by atoms with Gasteiger partial charge in [-0.3, -0.25) is 4.98 Å². The average molecular weight is 183 g/mol. The molecule has 1 atom stereocenters. The first kappa shape index (κ1) is 8.20. The van der Waals surface area contributed by atoms with Crippen molar-refractivity contribution in [2.75, 3.05) is 0 Å². The van der Waals surface area contributed by atoms with Gasteiger partial charge in [-0.15, -0.1) is 11.3 Å². The van der Waals surface area contributed by atoms with Crippen molar-refractivity contribution in [3.8, 4) is 0 Å². The molecule has 0 aliphatic heterocycles. The van der Waals surface area contributed by atoms with Crippen LogP contribution in [0.3, 0.4) is 0 Å². The van der Waals surface area contributed by atoms with E-state index in [1.165, 1.54) is 17.7 Å². The first-order valence-electron chi connectivity index (χ1n) is 4.26. The number of hydrogen-bond acceptors (Lipinski definition) is 3. The number of nitrogens with zero attached hydrogens (tertiary/aromatic N) is 1. The van der Waals surface area contributed by atoms with Crippen molar-refractivity contribution in [3.63, 3.8) is 0 Å². The summed E-state index contributed by atoms with van der Waals surface area (Å²) < 4.78 is 0. The van der Waals surface area contributed by atoms with Gasteiger partial charge in [-0.2, -0.15) is 0 Å². The molecule has 3 heteroatoms. The average Bonchev–Trinajstić information content (AvgIpc) is 2.63. The van der Waals surface area contributed by atoms with E-state index in [2.05, 4.69) is 11.9 Å². The predicted molar refractivity (Wildman–Crippen MR) is 49.2 cm³/mol. The van der Waals surface area contributed by atoms with E-state index in [0.717, 1.165) is 6.42 Å². The van der Waals surface area contributed by atoms with Crippen LogP contribution in [0, 0.1) is 5.41 Å². The highest BCUT2D eigenvalue weighted by Gasteiger charge is 2.43. The van der Waals surface area contributed by atoms with Crippen LogP contribution in [0.25, 0.3) is 0 Å². The minimum absolute atomic E-state index is 0.169. The van der Waals surface area contributed by atoms with E-state index in [-0.39, 0.29) is 11.5 Å². The van der Waals surface area contributed by atoms with Crippen LogP contribution in [0.4, 0.5) is 0 Å². The summed E-state index contributed by atoms with van der Waals surface area (Å²) in [5, 5.41) is 9.80. The van der Waals surface area contributed by atoms with Gasteiger partial charge in [0.2, 0.25) is 0 Å². The van der Waals surface area contributed by atoms with Crippen LogP contribution in [0.5, 0.6) is 0 Å². The highest BCUT2D eigenvalue weighted by atomic mass is 32.1. The topological polar surface area (TPSA) is 33.1 Å². The first-order chi connectivity index (χ1) is 5.71. The monoisotopic (exact) mass is 183 g/mol. The van der Waals surface area contributed by atoms with Crippen molar-refractivity contribution in [2.24, 2.45) is 5.41 Å². The molecule has 2 nitrogen and oxygen atoms in total. The highest BCUT2D eigenvalue weighted by molar-refractivity contribution is 7.09. The first-order valence-corrected chi connectivity index (χ1v) is 5.14. The van der Waals surface area contributed by atoms with Gasteiger partial charge in [0.15, 0.2) is 0 Å². The van der Waals surface area contributed by atoms with Crippen LogP contribution in [0.1, 0.15) is 24.6 Å². The molecule has 12 heavy (non-hydrogen) atoms. The number of thiazole rings is 1. The highest BCUT2D eigenvalue weighted by Crippen LogP contribution is 2.48. The fourth-order valence-corrected chi connectivity index (χ4v) is 1.94. The van der Waals surface area contributed by atoms with Crippen molar-refractivity contribution in [1.82, 2.24) is 4.98 Å². The van der Waals surface area contributed by atoms with Crippen LogP contribution >= 0.6 is 11.3 Å². The van der Waals surface area contributed by atoms with Gasteiger partial charge in [0.05, 0.1) is 11.6 Å². The predicted octanol–water partition coefficient (Wildman–Crippen LogP) is 1.85. The molecular formula is C9H13NOS. The number of hydrogen-bond donors (Lipinski definition) is 1. The molecule has 1 unspecified atom stereocenters. The van der Waals surface area contributed by atoms with Gasteiger partial charge in [-0.25, -0.2) is 0 Å². The molecular weight excluding hydrogens is 170 g/mol. The maximum Gasteiger partial charge on any atom is 0.0794 e. The number of aliphatic hydroxyl groups is 1. The van der Waals surface area contributed by atoms with Crippen molar-refractivity contribution >= 4 is 11.3 Å². The summed E-state index contributed by atoms with van der Waals surface area (Å²) in [6.07, 6.45) is 4.80. The third-order valence-corrected chi connectivity index (χ3v) is 3.52. The molecule has 1 saturated carbocycles. The lowest BCUT2D eigenvalue weighted by Crippen LogP contribution is -2.20. The van der Waals surface area contributed by atoms with Crippen LogP contribution in [-0.2, 0) is 6.42 Å². The van der Waals surface area contributed by atoms with Gasteiger partial charge in [0.25, 0.3) is 0 Å². The number of rotatable bonds is 3. The van der Waals surface area contributed by atoms with Gasteiger partial charge in [0.1, 0.15) is 0 Å². The Kier molecular flexibility index (Phi) is 1.93. The Hall–Kier alpha value is -0.410. The number of aromatic nitrogens is 1. The summed E-state index contributed by atoms with van der Waals surface area (Å²) in [6, 6.07) is 0. The molecule has 1 aliphatic carbocycles. The molecule has 0 saturated heterocycles. The van der Waals surface area contributed by atoms with Gasteiger partial charge >= 0.3 is 0 Å². The zero-order valence-corrected chi connectivity index (χ0v) is 7.97. The maximum absolute atomic E-state index is 9.80. The van der Waals surface area contributed by atoms with Crippen LogP contribution in [0.2, 0.25) is 0 Å². The van der Waals surface area contributed by atoms with Gasteiger partial charge in [-0.05, 0) is 18.3 Å². The van der Waals surface area contributed by atoms with E-state index >= 15 is 0 Å². The third kappa shape index (κ3) is 1.52. The van der Waals surface area contributed by atoms with E-state index in [4.69, 9.17) is 0 Å².